The van der Waals surface area contributed by atoms with Crippen LogP contribution in [0.2, 0.25) is 0 Å². The minimum atomic E-state index is 0.577. The maximum Gasteiger partial charge on any atom is 0.123 e. The summed E-state index contributed by atoms with van der Waals surface area (Å²) in [6.07, 6.45) is 4.28. The van der Waals surface area contributed by atoms with Gasteiger partial charge >= 0.3 is 0 Å². The summed E-state index contributed by atoms with van der Waals surface area (Å²) in [6.45, 7) is 3.48. The van der Waals surface area contributed by atoms with Crippen molar-refractivity contribution in [3.05, 3.63) is 35.8 Å². The molecule has 1 aliphatic heterocycles. The van der Waals surface area contributed by atoms with Crippen molar-refractivity contribution in [2.24, 2.45) is 0 Å². The molecule has 3 rings (SSSR count). The molecule has 20 heavy (non-hydrogen) atoms. The number of anilines is 1. The maximum absolute atomic E-state index is 4.38. The van der Waals surface area contributed by atoms with Gasteiger partial charge in [-0.15, -0.1) is 11.3 Å². The first-order chi connectivity index (χ1) is 9.72. The van der Waals surface area contributed by atoms with E-state index in [0.717, 1.165) is 5.01 Å². The highest BCUT2D eigenvalue weighted by Crippen LogP contribution is 2.26. The average molecular weight is 287 g/mol. The fourth-order valence-electron chi connectivity index (χ4n) is 2.76. The van der Waals surface area contributed by atoms with Gasteiger partial charge in [0, 0.05) is 41.5 Å². The molecule has 0 bridgehead atoms. The molecule has 0 amide bonds. The Morgan fingerprint density at radius 1 is 1.40 bits per heavy atom. The van der Waals surface area contributed by atoms with E-state index in [9.17, 15) is 0 Å². The Kier molecular flexibility index (Phi) is 4.03. The van der Waals surface area contributed by atoms with Crippen molar-refractivity contribution in [3.63, 3.8) is 0 Å². The molecule has 1 fully saturated rings. The van der Waals surface area contributed by atoms with Crippen LogP contribution in [0, 0.1) is 0 Å². The normalized spacial score (nSPS) is 23.7. The Hall–Kier alpha value is -1.39. The van der Waals surface area contributed by atoms with Crippen LogP contribution in [-0.4, -0.2) is 35.6 Å². The number of nitrogens with zero attached hydrogens (tertiary/aromatic N) is 2. The van der Waals surface area contributed by atoms with E-state index < -0.39 is 0 Å². The van der Waals surface area contributed by atoms with Gasteiger partial charge in [0.25, 0.3) is 0 Å². The lowest BCUT2D eigenvalue weighted by Crippen LogP contribution is -2.42. The van der Waals surface area contributed by atoms with Crippen molar-refractivity contribution < 1.29 is 0 Å². The van der Waals surface area contributed by atoms with E-state index in [1.54, 1.807) is 11.3 Å². The van der Waals surface area contributed by atoms with Crippen LogP contribution < -0.4 is 5.32 Å². The van der Waals surface area contributed by atoms with Gasteiger partial charge in [-0.3, -0.25) is 0 Å². The third kappa shape index (κ3) is 3.02. The molecule has 1 aromatic carbocycles. The van der Waals surface area contributed by atoms with E-state index in [1.165, 1.54) is 30.6 Å². The highest BCUT2D eigenvalue weighted by atomic mass is 32.1. The van der Waals surface area contributed by atoms with Crippen LogP contribution in [0.25, 0.3) is 10.6 Å². The largest absolute Gasteiger partial charge is 0.382 e. The number of likely N-dealkylation sites (tertiary alicyclic amines) is 1. The fraction of sp³-hybridized carbons (Fsp3) is 0.438. The van der Waals surface area contributed by atoms with Crippen LogP contribution in [0.15, 0.2) is 35.8 Å². The number of hydrogen-bond acceptors (Lipinski definition) is 4. The second kappa shape index (κ2) is 5.94. The van der Waals surface area contributed by atoms with Crippen molar-refractivity contribution in [2.75, 3.05) is 18.9 Å². The zero-order valence-electron chi connectivity index (χ0n) is 12.0. The van der Waals surface area contributed by atoms with E-state index in [0.29, 0.717) is 12.1 Å². The second-order valence-electron chi connectivity index (χ2n) is 5.61. The molecular formula is C16H21N3S. The first-order valence-corrected chi connectivity index (χ1v) is 8.07. The monoisotopic (exact) mass is 287 g/mol. The SMILES string of the molecule is CC1CC(Nc2cccc(-c3nccs3)c2)CCN1C. The number of piperidine rings is 1. The predicted octanol–water partition coefficient (Wildman–Crippen LogP) is 3.70. The lowest BCUT2D eigenvalue weighted by atomic mass is 9.98. The standard InChI is InChI=1S/C16H21N3S/c1-12-10-15(6-8-19(12)2)18-14-5-3-4-13(11-14)16-17-7-9-20-16/h3-5,7,9,11-12,15,18H,6,8,10H2,1-2H3. The van der Waals surface area contributed by atoms with E-state index in [4.69, 9.17) is 0 Å². The molecule has 2 aromatic rings. The summed E-state index contributed by atoms with van der Waals surface area (Å²) in [5.41, 5.74) is 2.41. The van der Waals surface area contributed by atoms with Crippen LogP contribution in [0.5, 0.6) is 0 Å². The quantitative estimate of drug-likeness (QED) is 0.933. The summed E-state index contributed by atoms with van der Waals surface area (Å²) in [4.78, 5) is 6.82. The summed E-state index contributed by atoms with van der Waals surface area (Å²) in [7, 11) is 2.21. The van der Waals surface area contributed by atoms with E-state index >= 15 is 0 Å². The number of aromatic nitrogens is 1. The predicted molar refractivity (Wildman–Crippen MR) is 86.3 cm³/mol. The zero-order valence-corrected chi connectivity index (χ0v) is 12.9. The van der Waals surface area contributed by atoms with Crippen LogP contribution in [-0.2, 0) is 0 Å². The average Bonchev–Trinajstić information content (AvgIpc) is 2.97. The van der Waals surface area contributed by atoms with Crippen molar-refractivity contribution in [1.82, 2.24) is 9.88 Å². The van der Waals surface area contributed by atoms with Crippen molar-refractivity contribution in [2.45, 2.75) is 31.8 Å². The maximum atomic E-state index is 4.38. The summed E-state index contributed by atoms with van der Waals surface area (Å²) < 4.78 is 0. The van der Waals surface area contributed by atoms with Crippen molar-refractivity contribution in [1.29, 1.82) is 0 Å². The Morgan fingerprint density at radius 2 is 2.30 bits per heavy atom. The lowest BCUT2D eigenvalue weighted by Gasteiger charge is -2.35. The summed E-state index contributed by atoms with van der Waals surface area (Å²) in [6, 6.07) is 9.83. The number of hydrogen-bond donors (Lipinski definition) is 1. The van der Waals surface area contributed by atoms with Gasteiger partial charge in [0.1, 0.15) is 5.01 Å². The fourth-order valence-corrected chi connectivity index (χ4v) is 3.40. The molecule has 1 aliphatic rings. The minimum absolute atomic E-state index is 0.577. The van der Waals surface area contributed by atoms with Gasteiger partial charge in [-0.1, -0.05) is 12.1 Å². The molecule has 4 heteroatoms. The van der Waals surface area contributed by atoms with Gasteiger partial charge in [0.2, 0.25) is 0 Å². The molecule has 3 nitrogen and oxygen atoms in total. The second-order valence-corrected chi connectivity index (χ2v) is 6.51. The number of benzene rings is 1. The molecule has 1 N–H and O–H groups in total. The summed E-state index contributed by atoms with van der Waals surface area (Å²) in [5, 5.41) is 6.79. The van der Waals surface area contributed by atoms with E-state index in [-0.39, 0.29) is 0 Å². The highest BCUT2D eigenvalue weighted by molar-refractivity contribution is 7.13. The van der Waals surface area contributed by atoms with Gasteiger partial charge in [0.15, 0.2) is 0 Å². The van der Waals surface area contributed by atoms with Gasteiger partial charge in [-0.05, 0) is 38.9 Å². The van der Waals surface area contributed by atoms with Crippen molar-refractivity contribution in [3.8, 4) is 10.6 Å². The highest BCUT2D eigenvalue weighted by Gasteiger charge is 2.22. The van der Waals surface area contributed by atoms with Gasteiger partial charge in [0.05, 0.1) is 0 Å². The van der Waals surface area contributed by atoms with Gasteiger partial charge in [-0.2, -0.15) is 0 Å². The third-order valence-electron chi connectivity index (χ3n) is 4.12. The van der Waals surface area contributed by atoms with E-state index in [1.807, 2.05) is 11.6 Å². The lowest BCUT2D eigenvalue weighted by molar-refractivity contribution is 0.190. The molecule has 1 aromatic heterocycles. The molecular weight excluding hydrogens is 266 g/mol. The van der Waals surface area contributed by atoms with Crippen LogP contribution in [0.3, 0.4) is 0 Å². The smallest absolute Gasteiger partial charge is 0.123 e. The minimum Gasteiger partial charge on any atom is -0.382 e. The Labute approximate surface area is 124 Å². The zero-order chi connectivity index (χ0) is 13.9. The topological polar surface area (TPSA) is 28.2 Å². The molecule has 1 saturated heterocycles. The first-order valence-electron chi connectivity index (χ1n) is 7.19. The van der Waals surface area contributed by atoms with Crippen LogP contribution in [0.4, 0.5) is 5.69 Å². The molecule has 2 heterocycles. The first kappa shape index (κ1) is 13.6. The number of nitrogens with one attached hydrogen (secondary N) is 1. The third-order valence-corrected chi connectivity index (χ3v) is 4.94. The van der Waals surface area contributed by atoms with E-state index in [2.05, 4.69) is 53.4 Å². The Morgan fingerprint density at radius 3 is 3.05 bits per heavy atom. The number of thiazole rings is 1. The molecule has 2 unspecified atom stereocenters. The van der Waals surface area contributed by atoms with Crippen LogP contribution in [0.1, 0.15) is 19.8 Å². The molecule has 0 spiro atoms. The summed E-state index contributed by atoms with van der Waals surface area (Å²) >= 11 is 1.69. The van der Waals surface area contributed by atoms with Crippen molar-refractivity contribution >= 4 is 17.0 Å². The van der Waals surface area contributed by atoms with Crippen LogP contribution >= 0.6 is 11.3 Å². The Balaban J connectivity index is 1.70. The number of rotatable bonds is 3. The molecule has 106 valence electrons. The van der Waals surface area contributed by atoms with Gasteiger partial charge in [-0.25, -0.2) is 4.98 Å². The van der Waals surface area contributed by atoms with Gasteiger partial charge < -0.3 is 10.2 Å². The molecule has 0 saturated carbocycles. The Bertz CT molecular complexity index is 553. The molecule has 0 aliphatic carbocycles. The molecule has 0 radical (unpaired) electrons. The summed E-state index contributed by atoms with van der Waals surface area (Å²) in [5.74, 6) is 0. The molecule has 2 atom stereocenters.